The number of amides is 3. The zero-order valence-electron chi connectivity index (χ0n) is 27.8. The summed E-state index contributed by atoms with van der Waals surface area (Å²) >= 11 is 0. The third-order valence-corrected chi connectivity index (χ3v) is 10.0. The van der Waals surface area contributed by atoms with Crippen molar-refractivity contribution in [2.24, 2.45) is 29.6 Å². The Morgan fingerprint density at radius 2 is 1.53 bits per heavy atom. The van der Waals surface area contributed by atoms with Crippen molar-refractivity contribution in [1.29, 1.82) is 0 Å². The summed E-state index contributed by atoms with van der Waals surface area (Å²) in [6.07, 6.45) is 11.7. The number of hydrogen-bond acceptors (Lipinski definition) is 5. The van der Waals surface area contributed by atoms with Gasteiger partial charge in [-0.2, -0.15) is 0 Å². The van der Waals surface area contributed by atoms with Crippen molar-refractivity contribution in [3.05, 3.63) is 0 Å². The zero-order valence-corrected chi connectivity index (χ0v) is 27.8. The van der Waals surface area contributed by atoms with Crippen LogP contribution in [0.1, 0.15) is 110 Å². The Hall–Kier alpha value is -2.25. The van der Waals surface area contributed by atoms with Gasteiger partial charge in [0.2, 0.25) is 17.7 Å². The Labute approximate surface area is 269 Å². The van der Waals surface area contributed by atoms with E-state index >= 15 is 0 Å². The van der Waals surface area contributed by atoms with Gasteiger partial charge in [-0.1, -0.05) is 33.1 Å². The number of nitrogens with one attached hydrogen (secondary N) is 2. The summed E-state index contributed by atoms with van der Waals surface area (Å²) in [7, 11) is 1.67. The molecule has 0 heterocycles. The Morgan fingerprint density at radius 1 is 0.911 bits per heavy atom. The smallest absolute Gasteiger partial charge is 0.234 e. The second-order valence-corrected chi connectivity index (χ2v) is 14.1. The van der Waals surface area contributed by atoms with E-state index in [2.05, 4.69) is 16.7 Å². The molecule has 0 radical (unpaired) electrons. The highest BCUT2D eigenvalue weighted by atomic mass is 19.1. The lowest BCUT2D eigenvalue weighted by Crippen LogP contribution is -2.53. The SMILES string of the molecule is C#CC1CC(C(=O)NC(CC2CC(F)CC(F)C2)C(O)CN(C)NC(=O)CC2CCCCC2)CC(C(=O)N(CCC)CCC)C1. The van der Waals surface area contributed by atoms with Crippen LogP contribution in [0.2, 0.25) is 0 Å². The minimum absolute atomic E-state index is 0.0313. The number of hydrazine groups is 1. The van der Waals surface area contributed by atoms with Crippen molar-refractivity contribution in [1.82, 2.24) is 20.7 Å². The Kier molecular flexibility index (Phi) is 15.5. The molecule has 0 spiro atoms. The maximum absolute atomic E-state index is 14.3. The quantitative estimate of drug-likeness (QED) is 0.175. The number of terminal acetylenes is 1. The molecular formula is C35H58F2N4O4. The summed E-state index contributed by atoms with van der Waals surface area (Å²) in [5, 5.41) is 15.9. The molecule has 3 N–H and O–H groups in total. The van der Waals surface area contributed by atoms with Crippen LogP contribution in [-0.4, -0.2) is 83.9 Å². The molecule has 3 rings (SSSR count). The maximum Gasteiger partial charge on any atom is 0.234 e. The molecular weight excluding hydrogens is 578 g/mol. The van der Waals surface area contributed by atoms with Gasteiger partial charge in [-0.25, -0.2) is 13.8 Å². The highest BCUT2D eigenvalue weighted by Crippen LogP contribution is 2.36. The summed E-state index contributed by atoms with van der Waals surface area (Å²) in [6.45, 7) is 5.42. The Morgan fingerprint density at radius 3 is 2.13 bits per heavy atom. The molecule has 3 aliphatic carbocycles. The molecule has 0 aliphatic heterocycles. The van der Waals surface area contributed by atoms with Crippen LogP contribution in [0.5, 0.6) is 0 Å². The normalized spacial score (nSPS) is 28.9. The molecule has 7 unspecified atom stereocenters. The first kappa shape index (κ1) is 37.2. The van der Waals surface area contributed by atoms with Gasteiger partial charge >= 0.3 is 0 Å². The second-order valence-electron chi connectivity index (χ2n) is 14.1. The van der Waals surface area contributed by atoms with E-state index in [9.17, 15) is 28.3 Å². The molecule has 3 saturated carbocycles. The van der Waals surface area contributed by atoms with Crippen LogP contribution in [-0.2, 0) is 14.4 Å². The average molecular weight is 637 g/mol. The Bertz CT molecular complexity index is 971. The van der Waals surface area contributed by atoms with E-state index in [1.165, 1.54) is 11.4 Å². The van der Waals surface area contributed by atoms with Crippen LogP contribution < -0.4 is 10.7 Å². The van der Waals surface area contributed by atoms with Crippen molar-refractivity contribution in [2.75, 3.05) is 26.7 Å². The van der Waals surface area contributed by atoms with E-state index in [1.54, 1.807) is 7.05 Å². The number of aliphatic hydroxyl groups is 1. The first-order chi connectivity index (χ1) is 21.5. The highest BCUT2D eigenvalue weighted by molar-refractivity contribution is 5.83. The van der Waals surface area contributed by atoms with Gasteiger partial charge in [-0.15, -0.1) is 12.3 Å². The van der Waals surface area contributed by atoms with Crippen molar-refractivity contribution in [3.8, 4) is 12.3 Å². The van der Waals surface area contributed by atoms with Gasteiger partial charge in [0.15, 0.2) is 0 Å². The highest BCUT2D eigenvalue weighted by Gasteiger charge is 2.39. The van der Waals surface area contributed by atoms with E-state index in [4.69, 9.17) is 6.42 Å². The number of likely N-dealkylation sites (N-methyl/N-ethyl adjacent to an activating group) is 1. The van der Waals surface area contributed by atoms with Crippen molar-refractivity contribution in [3.63, 3.8) is 0 Å². The number of carbonyl (C=O) groups is 3. The molecule has 256 valence electrons. The minimum atomic E-state index is -1.26. The summed E-state index contributed by atoms with van der Waals surface area (Å²) < 4.78 is 28.6. The second kappa shape index (κ2) is 18.8. The molecule has 45 heavy (non-hydrogen) atoms. The molecule has 3 amide bonds. The number of aliphatic hydroxyl groups excluding tert-OH is 1. The molecule has 7 atom stereocenters. The van der Waals surface area contributed by atoms with Gasteiger partial charge in [0.25, 0.3) is 0 Å². The molecule has 10 heteroatoms. The lowest BCUT2D eigenvalue weighted by Gasteiger charge is -2.37. The maximum atomic E-state index is 14.3. The summed E-state index contributed by atoms with van der Waals surface area (Å²) in [5.74, 6) is 1.32. The Balaban J connectivity index is 1.68. The molecule has 3 fully saturated rings. The number of halogens is 2. The largest absolute Gasteiger partial charge is 0.390 e. The van der Waals surface area contributed by atoms with E-state index in [0.29, 0.717) is 44.7 Å². The number of nitrogens with zero attached hydrogens (tertiary/aromatic N) is 2. The van der Waals surface area contributed by atoms with Gasteiger partial charge in [-0.3, -0.25) is 19.8 Å². The van der Waals surface area contributed by atoms with E-state index in [-0.39, 0.29) is 67.7 Å². The third-order valence-electron chi connectivity index (χ3n) is 10.0. The summed E-state index contributed by atoms with van der Waals surface area (Å²) in [4.78, 5) is 41.8. The monoisotopic (exact) mass is 636 g/mol. The standard InChI is InChI=1S/C35H58F2N4O4/c1-5-13-41(14-6-2)35(45)28-16-24(7-3)15-27(21-28)34(44)38-31(19-26-17-29(36)22-30(37)18-26)32(42)23-40(4)39-33(43)20-25-11-9-8-10-12-25/h3,24-32,42H,5-6,8-23H2,1-2,4H3,(H,38,44)(H,39,43). The number of hydrogen-bond donors (Lipinski definition) is 3. The molecule has 0 aromatic heterocycles. The van der Waals surface area contributed by atoms with Gasteiger partial charge in [0.1, 0.15) is 12.3 Å². The first-order valence-corrected chi connectivity index (χ1v) is 17.5. The van der Waals surface area contributed by atoms with Crippen LogP contribution in [0, 0.1) is 41.9 Å². The fraction of sp³-hybridized carbons (Fsp3) is 0.857. The van der Waals surface area contributed by atoms with E-state index in [0.717, 1.165) is 38.5 Å². The molecule has 0 aromatic rings. The van der Waals surface area contributed by atoms with Crippen LogP contribution in [0.4, 0.5) is 8.78 Å². The number of carbonyl (C=O) groups excluding carboxylic acids is 3. The predicted molar refractivity (Wildman–Crippen MR) is 172 cm³/mol. The lowest BCUT2D eigenvalue weighted by molar-refractivity contribution is -0.139. The minimum Gasteiger partial charge on any atom is -0.390 e. The topological polar surface area (TPSA) is 102 Å². The fourth-order valence-electron chi connectivity index (χ4n) is 7.82. The van der Waals surface area contributed by atoms with Crippen LogP contribution in [0.3, 0.4) is 0 Å². The van der Waals surface area contributed by atoms with Crippen molar-refractivity contribution < 1.29 is 28.3 Å². The number of rotatable bonds is 15. The van der Waals surface area contributed by atoms with Crippen LogP contribution >= 0.6 is 0 Å². The fourth-order valence-corrected chi connectivity index (χ4v) is 7.82. The molecule has 0 bridgehead atoms. The zero-order chi connectivity index (χ0) is 32.9. The molecule has 3 aliphatic rings. The van der Waals surface area contributed by atoms with Crippen LogP contribution in [0.15, 0.2) is 0 Å². The predicted octanol–water partition coefficient (Wildman–Crippen LogP) is 4.95. The van der Waals surface area contributed by atoms with E-state index < -0.39 is 30.4 Å². The summed E-state index contributed by atoms with van der Waals surface area (Å²) in [6, 6.07) is -0.783. The van der Waals surface area contributed by atoms with Gasteiger partial charge in [0, 0.05) is 57.3 Å². The molecule has 0 aromatic carbocycles. The van der Waals surface area contributed by atoms with Crippen molar-refractivity contribution in [2.45, 2.75) is 135 Å². The third kappa shape index (κ3) is 12.1. The summed E-state index contributed by atoms with van der Waals surface area (Å²) in [5.41, 5.74) is 2.85. The number of alkyl halides is 2. The van der Waals surface area contributed by atoms with Crippen LogP contribution in [0.25, 0.3) is 0 Å². The molecule has 8 nitrogen and oxygen atoms in total. The average Bonchev–Trinajstić information content (AvgIpc) is 2.99. The lowest BCUT2D eigenvalue weighted by atomic mass is 9.74. The first-order valence-electron chi connectivity index (χ1n) is 17.5. The van der Waals surface area contributed by atoms with Gasteiger partial charge in [-0.05, 0) is 76.0 Å². The van der Waals surface area contributed by atoms with E-state index in [1.807, 2.05) is 18.7 Å². The van der Waals surface area contributed by atoms with Gasteiger partial charge < -0.3 is 15.3 Å². The molecule has 0 saturated heterocycles. The van der Waals surface area contributed by atoms with Crippen molar-refractivity contribution >= 4 is 17.7 Å². The van der Waals surface area contributed by atoms with Gasteiger partial charge in [0.05, 0.1) is 12.1 Å².